The molecule has 0 saturated heterocycles. The van der Waals surface area contributed by atoms with Crippen molar-refractivity contribution in [1.29, 1.82) is 0 Å². The summed E-state index contributed by atoms with van der Waals surface area (Å²) in [6.45, 7) is 5.47. The van der Waals surface area contributed by atoms with Gasteiger partial charge in [-0.05, 0) is 62.3 Å². The van der Waals surface area contributed by atoms with Crippen LogP contribution in [0.4, 0.5) is 4.39 Å². The van der Waals surface area contributed by atoms with Gasteiger partial charge in [-0.2, -0.15) is 0 Å². The van der Waals surface area contributed by atoms with Crippen LogP contribution in [0.2, 0.25) is 5.02 Å². The molecule has 1 N–H and O–H groups in total. The predicted molar refractivity (Wildman–Crippen MR) is 74.5 cm³/mol. The summed E-state index contributed by atoms with van der Waals surface area (Å²) in [5.74, 6) is -0.306. The van der Waals surface area contributed by atoms with Gasteiger partial charge in [0.1, 0.15) is 5.82 Å². The van der Waals surface area contributed by atoms with E-state index in [-0.39, 0.29) is 10.8 Å². The van der Waals surface area contributed by atoms with Crippen LogP contribution in [0.25, 0.3) is 0 Å². The van der Waals surface area contributed by atoms with Gasteiger partial charge in [0.2, 0.25) is 0 Å². The lowest BCUT2D eigenvalue weighted by Gasteiger charge is -2.24. The Labute approximate surface area is 114 Å². The maximum atomic E-state index is 13.4. The van der Waals surface area contributed by atoms with Crippen molar-refractivity contribution in [2.24, 2.45) is 5.41 Å². The Kier molecular flexibility index (Phi) is 4.29. The van der Waals surface area contributed by atoms with Crippen molar-refractivity contribution in [1.82, 2.24) is 5.32 Å². The second kappa shape index (κ2) is 5.58. The van der Waals surface area contributed by atoms with Gasteiger partial charge >= 0.3 is 0 Å². The Hall–Kier alpha value is -0.600. The van der Waals surface area contributed by atoms with Gasteiger partial charge in [-0.3, -0.25) is 0 Å². The van der Waals surface area contributed by atoms with E-state index in [0.29, 0.717) is 11.5 Å². The molecule has 1 unspecified atom stereocenters. The molecule has 18 heavy (non-hydrogen) atoms. The zero-order valence-electron chi connectivity index (χ0n) is 11.1. The van der Waals surface area contributed by atoms with Crippen molar-refractivity contribution >= 4 is 11.6 Å². The summed E-state index contributed by atoms with van der Waals surface area (Å²) in [7, 11) is 0. The fourth-order valence-corrected chi connectivity index (χ4v) is 2.67. The number of rotatable bonds is 6. The molecular formula is C15H21ClFN. The van der Waals surface area contributed by atoms with Crippen molar-refractivity contribution in [3.8, 4) is 0 Å². The van der Waals surface area contributed by atoms with E-state index in [1.165, 1.54) is 12.8 Å². The molecule has 2 rings (SSSR count). The molecule has 1 nitrogen and oxygen atoms in total. The Morgan fingerprint density at radius 3 is 2.72 bits per heavy atom. The van der Waals surface area contributed by atoms with Crippen molar-refractivity contribution in [2.45, 2.75) is 45.6 Å². The highest BCUT2D eigenvalue weighted by atomic mass is 35.5. The predicted octanol–water partition coefficient (Wildman–Crippen LogP) is 4.19. The van der Waals surface area contributed by atoms with Crippen molar-refractivity contribution in [3.63, 3.8) is 0 Å². The minimum Gasteiger partial charge on any atom is -0.314 e. The molecule has 0 heterocycles. The van der Waals surface area contributed by atoms with Crippen molar-refractivity contribution in [3.05, 3.63) is 34.6 Å². The average Bonchev–Trinajstić information content (AvgIpc) is 3.12. The third kappa shape index (κ3) is 3.04. The van der Waals surface area contributed by atoms with Gasteiger partial charge in [0.05, 0.1) is 5.02 Å². The first-order valence-corrected chi connectivity index (χ1v) is 7.12. The van der Waals surface area contributed by atoms with Crippen LogP contribution >= 0.6 is 11.6 Å². The van der Waals surface area contributed by atoms with Crippen molar-refractivity contribution in [2.75, 3.05) is 6.54 Å². The lowest BCUT2D eigenvalue weighted by atomic mass is 9.89. The first-order chi connectivity index (χ1) is 8.57. The molecule has 3 heteroatoms. The third-order valence-corrected chi connectivity index (χ3v) is 4.36. The van der Waals surface area contributed by atoms with Crippen LogP contribution in [-0.2, 0) is 6.42 Å². The van der Waals surface area contributed by atoms with E-state index in [4.69, 9.17) is 11.6 Å². The zero-order valence-corrected chi connectivity index (χ0v) is 11.9. The molecule has 100 valence electrons. The molecule has 0 aromatic heterocycles. The Morgan fingerprint density at radius 1 is 1.44 bits per heavy atom. The summed E-state index contributed by atoms with van der Waals surface area (Å²) in [5, 5.41) is 3.77. The van der Waals surface area contributed by atoms with Crippen LogP contribution in [-0.4, -0.2) is 12.6 Å². The van der Waals surface area contributed by atoms with Gasteiger partial charge in [-0.25, -0.2) is 4.39 Å². The van der Waals surface area contributed by atoms with Gasteiger partial charge in [-0.1, -0.05) is 24.6 Å². The summed E-state index contributed by atoms with van der Waals surface area (Å²) >= 11 is 5.71. The summed E-state index contributed by atoms with van der Waals surface area (Å²) < 4.78 is 13.4. The van der Waals surface area contributed by atoms with Gasteiger partial charge < -0.3 is 5.32 Å². The third-order valence-electron chi connectivity index (χ3n) is 4.05. The van der Waals surface area contributed by atoms with E-state index in [1.54, 1.807) is 12.1 Å². The summed E-state index contributed by atoms with van der Waals surface area (Å²) in [5.41, 5.74) is 1.38. The van der Waals surface area contributed by atoms with Crippen LogP contribution in [0.3, 0.4) is 0 Å². The highest BCUT2D eigenvalue weighted by molar-refractivity contribution is 6.30. The molecule has 0 amide bonds. The normalized spacial score (nSPS) is 18.7. The van der Waals surface area contributed by atoms with Crippen LogP contribution in [0.5, 0.6) is 0 Å². The summed E-state index contributed by atoms with van der Waals surface area (Å²) in [6.07, 6.45) is 4.55. The van der Waals surface area contributed by atoms with Gasteiger partial charge in [0.15, 0.2) is 0 Å². The molecular weight excluding hydrogens is 249 g/mol. The monoisotopic (exact) mass is 269 g/mol. The molecule has 1 aliphatic rings. The lowest BCUT2D eigenvalue weighted by Crippen LogP contribution is -2.36. The fourth-order valence-electron chi connectivity index (χ4n) is 2.56. The van der Waals surface area contributed by atoms with Crippen LogP contribution in [0.15, 0.2) is 18.2 Å². The van der Waals surface area contributed by atoms with E-state index in [0.717, 1.165) is 24.9 Å². The molecule has 1 aliphatic carbocycles. The largest absolute Gasteiger partial charge is 0.314 e. The number of nitrogens with one attached hydrogen (secondary N) is 1. The standard InChI is InChI=1S/C15H21ClFN/c1-3-8-18-11(2)15(6-7-15)10-12-4-5-13(16)14(17)9-12/h4-5,9,11,18H,3,6-8,10H2,1-2H3. The summed E-state index contributed by atoms with van der Waals surface area (Å²) in [4.78, 5) is 0. The summed E-state index contributed by atoms with van der Waals surface area (Å²) in [6, 6.07) is 5.68. The zero-order chi connectivity index (χ0) is 13.2. The molecule has 1 aromatic carbocycles. The lowest BCUT2D eigenvalue weighted by molar-refractivity contribution is 0.350. The molecule has 0 aliphatic heterocycles. The van der Waals surface area contributed by atoms with Crippen LogP contribution in [0.1, 0.15) is 38.7 Å². The molecule has 0 spiro atoms. The van der Waals surface area contributed by atoms with Gasteiger partial charge in [0.25, 0.3) is 0 Å². The quantitative estimate of drug-likeness (QED) is 0.817. The second-order valence-corrected chi connectivity index (χ2v) is 5.87. The SMILES string of the molecule is CCCNC(C)C1(Cc2ccc(Cl)c(F)c2)CC1. The maximum Gasteiger partial charge on any atom is 0.142 e. The van der Waals surface area contributed by atoms with E-state index in [1.807, 2.05) is 6.07 Å². The van der Waals surface area contributed by atoms with E-state index >= 15 is 0 Å². The highest BCUT2D eigenvalue weighted by Crippen LogP contribution is 2.51. The maximum absolute atomic E-state index is 13.4. The van der Waals surface area contributed by atoms with Gasteiger partial charge in [0, 0.05) is 6.04 Å². The number of halogens is 2. The fraction of sp³-hybridized carbons (Fsp3) is 0.600. The molecule has 1 saturated carbocycles. The Balaban J connectivity index is 2.01. The first-order valence-electron chi connectivity index (χ1n) is 6.75. The highest BCUT2D eigenvalue weighted by Gasteiger charge is 2.46. The van der Waals surface area contributed by atoms with E-state index in [9.17, 15) is 4.39 Å². The van der Waals surface area contributed by atoms with Crippen LogP contribution in [0, 0.1) is 11.2 Å². The first kappa shape index (κ1) is 13.8. The number of hydrogen-bond acceptors (Lipinski definition) is 1. The minimum absolute atomic E-state index is 0.209. The van der Waals surface area contributed by atoms with E-state index < -0.39 is 0 Å². The van der Waals surface area contributed by atoms with Gasteiger partial charge in [-0.15, -0.1) is 0 Å². The molecule has 0 radical (unpaired) electrons. The Morgan fingerprint density at radius 2 is 2.17 bits per heavy atom. The number of hydrogen-bond donors (Lipinski definition) is 1. The van der Waals surface area contributed by atoms with Crippen LogP contribution < -0.4 is 5.32 Å². The molecule has 1 fully saturated rings. The Bertz CT molecular complexity index is 415. The minimum atomic E-state index is -0.306. The second-order valence-electron chi connectivity index (χ2n) is 5.46. The molecule has 1 atom stereocenters. The molecule has 0 bridgehead atoms. The molecule has 1 aromatic rings. The average molecular weight is 270 g/mol. The van der Waals surface area contributed by atoms with Crippen molar-refractivity contribution < 1.29 is 4.39 Å². The smallest absolute Gasteiger partial charge is 0.142 e. The number of benzene rings is 1. The topological polar surface area (TPSA) is 12.0 Å². The van der Waals surface area contributed by atoms with E-state index in [2.05, 4.69) is 19.2 Å².